The van der Waals surface area contributed by atoms with Crippen molar-refractivity contribution in [1.29, 1.82) is 0 Å². The predicted octanol–water partition coefficient (Wildman–Crippen LogP) is 3.14. The zero-order valence-electron chi connectivity index (χ0n) is 12.1. The standard InChI is InChI=1S/C16H22FNO2/c1-3-16(15(19)20-2,18-12-8-4-5-9-12)13-10-6-7-11-14(13)17/h6-7,10-12,18H,3-5,8-9H2,1-2H3. The molecule has 0 bridgehead atoms. The smallest absolute Gasteiger partial charge is 0.330 e. The Hall–Kier alpha value is -1.42. The Morgan fingerprint density at radius 3 is 2.60 bits per heavy atom. The number of rotatable bonds is 5. The molecule has 1 fully saturated rings. The maximum absolute atomic E-state index is 14.2. The molecule has 110 valence electrons. The number of hydrogen-bond donors (Lipinski definition) is 1. The molecule has 1 aliphatic carbocycles. The number of carbonyl (C=O) groups excluding carboxylic acids is 1. The lowest BCUT2D eigenvalue weighted by atomic mass is 9.85. The molecule has 0 spiro atoms. The minimum atomic E-state index is -1.09. The Kier molecular flexibility index (Phi) is 4.76. The second-order valence-electron chi connectivity index (χ2n) is 5.36. The van der Waals surface area contributed by atoms with E-state index in [4.69, 9.17) is 4.74 Å². The van der Waals surface area contributed by atoms with Crippen LogP contribution in [0, 0.1) is 5.82 Å². The van der Waals surface area contributed by atoms with Crippen LogP contribution in [-0.2, 0) is 15.1 Å². The van der Waals surface area contributed by atoms with Crippen LogP contribution in [0.4, 0.5) is 4.39 Å². The third kappa shape index (κ3) is 2.70. The van der Waals surface area contributed by atoms with Crippen LogP contribution in [0.3, 0.4) is 0 Å². The molecule has 1 N–H and O–H groups in total. The van der Waals surface area contributed by atoms with Crippen LogP contribution in [0.15, 0.2) is 24.3 Å². The van der Waals surface area contributed by atoms with E-state index in [9.17, 15) is 9.18 Å². The molecule has 1 aliphatic rings. The van der Waals surface area contributed by atoms with Crippen molar-refractivity contribution in [2.75, 3.05) is 7.11 Å². The normalized spacial score (nSPS) is 18.8. The summed E-state index contributed by atoms with van der Waals surface area (Å²) in [6.07, 6.45) is 4.79. The average molecular weight is 279 g/mol. The van der Waals surface area contributed by atoms with Crippen molar-refractivity contribution in [3.05, 3.63) is 35.6 Å². The molecule has 1 aromatic carbocycles. The van der Waals surface area contributed by atoms with Gasteiger partial charge in [-0.05, 0) is 25.3 Å². The fourth-order valence-electron chi connectivity index (χ4n) is 3.08. The Balaban J connectivity index is 2.41. The summed E-state index contributed by atoms with van der Waals surface area (Å²) in [6, 6.07) is 6.68. The zero-order valence-corrected chi connectivity index (χ0v) is 12.1. The third-order valence-corrected chi connectivity index (χ3v) is 4.20. The number of hydrogen-bond acceptors (Lipinski definition) is 3. The number of esters is 1. The van der Waals surface area contributed by atoms with Crippen LogP contribution < -0.4 is 5.32 Å². The maximum Gasteiger partial charge on any atom is 0.330 e. The molecule has 0 saturated heterocycles. The molecule has 1 unspecified atom stereocenters. The SMILES string of the molecule is CCC(NC1CCCC1)(C(=O)OC)c1ccccc1F. The van der Waals surface area contributed by atoms with Gasteiger partial charge in [0.15, 0.2) is 0 Å². The van der Waals surface area contributed by atoms with E-state index in [1.54, 1.807) is 18.2 Å². The van der Waals surface area contributed by atoms with Gasteiger partial charge < -0.3 is 4.74 Å². The van der Waals surface area contributed by atoms with Gasteiger partial charge in [0.05, 0.1) is 7.11 Å². The van der Waals surface area contributed by atoms with Crippen molar-refractivity contribution < 1.29 is 13.9 Å². The van der Waals surface area contributed by atoms with Gasteiger partial charge in [0.25, 0.3) is 0 Å². The summed E-state index contributed by atoms with van der Waals surface area (Å²) in [5, 5.41) is 3.37. The van der Waals surface area contributed by atoms with Crippen LogP contribution >= 0.6 is 0 Å². The molecule has 0 amide bonds. The van der Waals surface area contributed by atoms with Crippen molar-refractivity contribution >= 4 is 5.97 Å². The van der Waals surface area contributed by atoms with Crippen molar-refractivity contribution in [3.63, 3.8) is 0 Å². The molecule has 3 nitrogen and oxygen atoms in total. The molecule has 0 aromatic heterocycles. The van der Waals surface area contributed by atoms with E-state index in [1.807, 2.05) is 6.92 Å². The number of ether oxygens (including phenoxy) is 1. The first-order chi connectivity index (χ1) is 9.64. The molecule has 1 saturated carbocycles. The minimum Gasteiger partial charge on any atom is -0.467 e. The largest absolute Gasteiger partial charge is 0.467 e. The Morgan fingerprint density at radius 2 is 2.05 bits per heavy atom. The summed E-state index contributed by atoms with van der Waals surface area (Å²) in [7, 11) is 1.35. The first kappa shape index (κ1) is 15.0. The van der Waals surface area contributed by atoms with Gasteiger partial charge in [-0.1, -0.05) is 38.0 Å². The highest BCUT2D eigenvalue weighted by Crippen LogP contribution is 2.32. The number of carbonyl (C=O) groups is 1. The van der Waals surface area contributed by atoms with Gasteiger partial charge in [-0.15, -0.1) is 0 Å². The number of halogens is 1. The summed E-state index contributed by atoms with van der Waals surface area (Å²) in [4.78, 5) is 12.4. The molecular weight excluding hydrogens is 257 g/mol. The van der Waals surface area contributed by atoms with E-state index >= 15 is 0 Å². The molecule has 1 atom stereocenters. The fourth-order valence-corrected chi connectivity index (χ4v) is 3.08. The van der Waals surface area contributed by atoms with E-state index in [1.165, 1.54) is 13.2 Å². The van der Waals surface area contributed by atoms with Gasteiger partial charge in [-0.3, -0.25) is 5.32 Å². The fraction of sp³-hybridized carbons (Fsp3) is 0.562. The second kappa shape index (κ2) is 6.35. The lowest BCUT2D eigenvalue weighted by molar-refractivity contribution is -0.150. The molecule has 0 heterocycles. The van der Waals surface area contributed by atoms with Crippen LogP contribution in [0.1, 0.15) is 44.6 Å². The van der Waals surface area contributed by atoms with E-state index in [2.05, 4.69) is 5.32 Å². The van der Waals surface area contributed by atoms with E-state index in [0.717, 1.165) is 25.7 Å². The molecule has 2 rings (SSSR count). The van der Waals surface area contributed by atoms with Crippen molar-refractivity contribution in [2.24, 2.45) is 0 Å². The maximum atomic E-state index is 14.2. The van der Waals surface area contributed by atoms with E-state index in [-0.39, 0.29) is 11.9 Å². The highest BCUT2D eigenvalue weighted by molar-refractivity contribution is 5.82. The van der Waals surface area contributed by atoms with E-state index < -0.39 is 11.5 Å². The second-order valence-corrected chi connectivity index (χ2v) is 5.36. The summed E-state index contributed by atoms with van der Waals surface area (Å²) < 4.78 is 19.2. The number of methoxy groups -OCH3 is 1. The third-order valence-electron chi connectivity index (χ3n) is 4.20. The summed E-state index contributed by atoms with van der Waals surface area (Å²) in [6.45, 7) is 1.88. The van der Waals surface area contributed by atoms with Gasteiger partial charge in [-0.25, -0.2) is 9.18 Å². The monoisotopic (exact) mass is 279 g/mol. The zero-order chi connectivity index (χ0) is 14.6. The Morgan fingerprint density at radius 1 is 1.40 bits per heavy atom. The van der Waals surface area contributed by atoms with Crippen molar-refractivity contribution in [2.45, 2.75) is 50.6 Å². The summed E-state index contributed by atoms with van der Waals surface area (Å²) in [5.74, 6) is -0.790. The van der Waals surface area contributed by atoms with Gasteiger partial charge in [0.2, 0.25) is 0 Å². The molecule has 4 heteroatoms. The summed E-state index contributed by atoms with van der Waals surface area (Å²) in [5.41, 5.74) is -0.712. The Bertz CT molecular complexity index is 471. The molecular formula is C16H22FNO2. The summed E-state index contributed by atoms with van der Waals surface area (Å²) >= 11 is 0. The van der Waals surface area contributed by atoms with Crippen LogP contribution in [0.5, 0.6) is 0 Å². The number of nitrogens with one attached hydrogen (secondary N) is 1. The molecule has 0 aliphatic heterocycles. The predicted molar refractivity (Wildman–Crippen MR) is 75.8 cm³/mol. The van der Waals surface area contributed by atoms with Gasteiger partial charge in [0, 0.05) is 11.6 Å². The molecule has 0 radical (unpaired) electrons. The van der Waals surface area contributed by atoms with Crippen molar-refractivity contribution in [1.82, 2.24) is 5.32 Å². The molecule has 20 heavy (non-hydrogen) atoms. The van der Waals surface area contributed by atoms with Crippen LogP contribution in [0.25, 0.3) is 0 Å². The number of benzene rings is 1. The Labute approximate surface area is 119 Å². The molecule has 1 aromatic rings. The topological polar surface area (TPSA) is 38.3 Å². The van der Waals surface area contributed by atoms with Crippen LogP contribution in [-0.4, -0.2) is 19.1 Å². The van der Waals surface area contributed by atoms with Gasteiger partial charge in [-0.2, -0.15) is 0 Å². The lowest BCUT2D eigenvalue weighted by Gasteiger charge is -2.34. The quantitative estimate of drug-likeness (QED) is 0.842. The average Bonchev–Trinajstić information content (AvgIpc) is 2.97. The highest BCUT2D eigenvalue weighted by Gasteiger charge is 2.43. The lowest BCUT2D eigenvalue weighted by Crippen LogP contribution is -2.53. The minimum absolute atomic E-state index is 0.244. The van der Waals surface area contributed by atoms with Gasteiger partial charge in [0.1, 0.15) is 11.4 Å². The van der Waals surface area contributed by atoms with E-state index in [0.29, 0.717) is 12.0 Å². The van der Waals surface area contributed by atoms with Gasteiger partial charge >= 0.3 is 5.97 Å². The van der Waals surface area contributed by atoms with Crippen molar-refractivity contribution in [3.8, 4) is 0 Å². The first-order valence-electron chi connectivity index (χ1n) is 7.25. The van der Waals surface area contributed by atoms with Crippen LogP contribution in [0.2, 0.25) is 0 Å². The first-order valence-corrected chi connectivity index (χ1v) is 7.25. The highest BCUT2D eigenvalue weighted by atomic mass is 19.1.